The molecule has 0 amide bonds. The number of rotatable bonds is 1. The standard InChI is InChI=1S/C10H11NO.CH4/c1-11-7-6-8-4-3-5-9(12-2)10(8)11;/h3-7H,1-2H3;1H4. The van der Waals surface area contributed by atoms with E-state index < -0.39 is 0 Å². The summed E-state index contributed by atoms with van der Waals surface area (Å²) < 4.78 is 7.31. The fourth-order valence-electron chi connectivity index (χ4n) is 1.48. The molecule has 0 aliphatic rings. The number of methoxy groups -OCH3 is 1. The second-order valence-electron chi connectivity index (χ2n) is 2.82. The van der Waals surface area contributed by atoms with Gasteiger partial charge in [0.1, 0.15) is 5.75 Å². The van der Waals surface area contributed by atoms with Gasteiger partial charge in [-0.1, -0.05) is 19.6 Å². The number of ether oxygens (including phenoxy) is 1. The maximum atomic E-state index is 5.25. The minimum absolute atomic E-state index is 0. The van der Waals surface area contributed by atoms with Crippen LogP contribution in [0, 0.1) is 0 Å². The minimum atomic E-state index is 0. The van der Waals surface area contributed by atoms with Gasteiger partial charge < -0.3 is 9.30 Å². The van der Waals surface area contributed by atoms with Gasteiger partial charge in [-0.05, 0) is 12.1 Å². The smallest absolute Gasteiger partial charge is 0.143 e. The van der Waals surface area contributed by atoms with Crippen molar-refractivity contribution in [2.75, 3.05) is 7.11 Å². The molecule has 0 N–H and O–H groups in total. The van der Waals surface area contributed by atoms with Crippen LogP contribution in [0.1, 0.15) is 7.43 Å². The third-order valence-electron chi connectivity index (χ3n) is 2.08. The Bertz CT molecular complexity index is 403. The van der Waals surface area contributed by atoms with Crippen molar-refractivity contribution < 1.29 is 4.74 Å². The van der Waals surface area contributed by atoms with Crippen LogP contribution in [-0.4, -0.2) is 11.7 Å². The van der Waals surface area contributed by atoms with Crippen LogP contribution in [0.4, 0.5) is 0 Å². The maximum absolute atomic E-state index is 5.25. The number of para-hydroxylation sites is 1. The molecular weight excluding hydrogens is 162 g/mol. The number of fused-ring (bicyclic) bond motifs is 1. The highest BCUT2D eigenvalue weighted by atomic mass is 16.5. The lowest BCUT2D eigenvalue weighted by molar-refractivity contribution is 0.418. The molecule has 2 rings (SSSR count). The predicted molar refractivity (Wildman–Crippen MR) is 56.2 cm³/mol. The van der Waals surface area contributed by atoms with Gasteiger partial charge in [0.2, 0.25) is 0 Å². The van der Waals surface area contributed by atoms with Crippen LogP contribution in [0.15, 0.2) is 30.5 Å². The Hall–Kier alpha value is -1.44. The van der Waals surface area contributed by atoms with E-state index in [4.69, 9.17) is 4.74 Å². The molecule has 13 heavy (non-hydrogen) atoms. The van der Waals surface area contributed by atoms with Gasteiger partial charge in [0, 0.05) is 18.6 Å². The monoisotopic (exact) mass is 177 g/mol. The highest BCUT2D eigenvalue weighted by Gasteiger charge is 2.02. The van der Waals surface area contributed by atoms with E-state index >= 15 is 0 Å². The third-order valence-corrected chi connectivity index (χ3v) is 2.08. The summed E-state index contributed by atoms with van der Waals surface area (Å²) in [5.41, 5.74) is 1.15. The van der Waals surface area contributed by atoms with Crippen molar-refractivity contribution in [2.24, 2.45) is 7.05 Å². The first-order valence-electron chi connectivity index (χ1n) is 3.91. The first-order chi connectivity index (χ1) is 5.83. The Labute approximate surface area is 78.7 Å². The van der Waals surface area contributed by atoms with Crippen LogP contribution in [-0.2, 0) is 7.05 Å². The van der Waals surface area contributed by atoms with Gasteiger partial charge in [-0.2, -0.15) is 0 Å². The molecular formula is C11H15NO. The van der Waals surface area contributed by atoms with E-state index in [0.717, 1.165) is 11.3 Å². The van der Waals surface area contributed by atoms with E-state index in [0.29, 0.717) is 0 Å². The molecule has 0 atom stereocenters. The normalized spacial score (nSPS) is 9.69. The molecule has 0 aliphatic carbocycles. The number of hydrogen-bond donors (Lipinski definition) is 0. The highest BCUT2D eigenvalue weighted by Crippen LogP contribution is 2.24. The minimum Gasteiger partial charge on any atom is -0.495 e. The summed E-state index contributed by atoms with van der Waals surface area (Å²) in [4.78, 5) is 0. The molecule has 0 saturated carbocycles. The number of benzene rings is 1. The molecule has 2 heteroatoms. The van der Waals surface area contributed by atoms with Gasteiger partial charge in [-0.25, -0.2) is 0 Å². The molecule has 0 aliphatic heterocycles. The highest BCUT2D eigenvalue weighted by molar-refractivity contribution is 5.85. The van der Waals surface area contributed by atoms with Crippen molar-refractivity contribution in [3.05, 3.63) is 30.5 Å². The van der Waals surface area contributed by atoms with E-state index in [-0.39, 0.29) is 7.43 Å². The van der Waals surface area contributed by atoms with E-state index in [9.17, 15) is 0 Å². The zero-order chi connectivity index (χ0) is 8.55. The molecule has 1 aromatic heterocycles. The summed E-state index contributed by atoms with van der Waals surface area (Å²) in [7, 11) is 3.71. The summed E-state index contributed by atoms with van der Waals surface area (Å²) in [5.74, 6) is 0.931. The van der Waals surface area contributed by atoms with Crippen molar-refractivity contribution in [3.8, 4) is 5.75 Å². The molecule has 0 spiro atoms. The summed E-state index contributed by atoms with van der Waals surface area (Å²) in [6, 6.07) is 8.14. The van der Waals surface area contributed by atoms with Crippen LogP contribution in [0.5, 0.6) is 5.75 Å². The van der Waals surface area contributed by atoms with Crippen molar-refractivity contribution in [3.63, 3.8) is 0 Å². The maximum Gasteiger partial charge on any atom is 0.143 e. The first kappa shape index (κ1) is 9.65. The van der Waals surface area contributed by atoms with E-state index in [2.05, 4.69) is 16.7 Å². The number of aryl methyl sites for hydroxylation is 1. The Morgan fingerprint density at radius 2 is 2.00 bits per heavy atom. The number of hydrogen-bond acceptors (Lipinski definition) is 1. The fraction of sp³-hybridized carbons (Fsp3) is 0.273. The van der Waals surface area contributed by atoms with Gasteiger partial charge in [0.05, 0.1) is 12.6 Å². The van der Waals surface area contributed by atoms with Crippen molar-refractivity contribution in [1.82, 2.24) is 4.57 Å². The van der Waals surface area contributed by atoms with Gasteiger partial charge in [-0.15, -0.1) is 0 Å². The van der Waals surface area contributed by atoms with Crippen molar-refractivity contribution >= 4 is 10.9 Å². The number of aromatic nitrogens is 1. The predicted octanol–water partition coefficient (Wildman–Crippen LogP) is 2.82. The fourth-order valence-corrected chi connectivity index (χ4v) is 1.48. The van der Waals surface area contributed by atoms with Crippen molar-refractivity contribution in [2.45, 2.75) is 7.43 Å². The van der Waals surface area contributed by atoms with Crippen LogP contribution in [0.3, 0.4) is 0 Å². The molecule has 1 aromatic carbocycles. The Morgan fingerprint density at radius 3 is 2.69 bits per heavy atom. The SMILES string of the molecule is C.COc1cccc2ccn(C)c12. The zero-order valence-electron chi connectivity index (χ0n) is 7.24. The van der Waals surface area contributed by atoms with Crippen LogP contribution in [0.25, 0.3) is 10.9 Å². The van der Waals surface area contributed by atoms with E-state index in [1.807, 2.05) is 25.4 Å². The second kappa shape index (κ2) is 3.52. The Morgan fingerprint density at radius 1 is 1.23 bits per heavy atom. The van der Waals surface area contributed by atoms with Gasteiger partial charge >= 0.3 is 0 Å². The first-order valence-corrected chi connectivity index (χ1v) is 3.91. The topological polar surface area (TPSA) is 14.2 Å². The van der Waals surface area contributed by atoms with E-state index in [1.165, 1.54) is 5.39 Å². The van der Waals surface area contributed by atoms with E-state index in [1.54, 1.807) is 7.11 Å². The summed E-state index contributed by atoms with van der Waals surface area (Å²) in [5, 5.41) is 1.22. The Balaban J connectivity index is 0.000000845. The Kier molecular flexibility index (Phi) is 2.61. The van der Waals surface area contributed by atoms with Gasteiger partial charge in [0.15, 0.2) is 0 Å². The molecule has 2 nitrogen and oxygen atoms in total. The van der Waals surface area contributed by atoms with Crippen LogP contribution in [0.2, 0.25) is 0 Å². The molecule has 1 heterocycles. The lowest BCUT2D eigenvalue weighted by Gasteiger charge is -2.03. The molecule has 0 saturated heterocycles. The zero-order valence-corrected chi connectivity index (χ0v) is 7.24. The molecule has 0 radical (unpaired) electrons. The lowest BCUT2D eigenvalue weighted by atomic mass is 10.2. The average molecular weight is 177 g/mol. The molecule has 2 aromatic rings. The second-order valence-corrected chi connectivity index (χ2v) is 2.82. The van der Waals surface area contributed by atoms with Crippen molar-refractivity contribution in [1.29, 1.82) is 0 Å². The summed E-state index contributed by atoms with van der Waals surface area (Å²) in [6.45, 7) is 0. The quantitative estimate of drug-likeness (QED) is 0.653. The van der Waals surface area contributed by atoms with Gasteiger partial charge in [-0.3, -0.25) is 0 Å². The lowest BCUT2D eigenvalue weighted by Crippen LogP contribution is -1.89. The van der Waals surface area contributed by atoms with Crippen LogP contribution >= 0.6 is 0 Å². The molecule has 70 valence electrons. The number of nitrogens with zero attached hydrogens (tertiary/aromatic N) is 1. The average Bonchev–Trinajstić information content (AvgIpc) is 2.48. The summed E-state index contributed by atoms with van der Waals surface area (Å²) >= 11 is 0. The van der Waals surface area contributed by atoms with Crippen LogP contribution < -0.4 is 4.74 Å². The largest absolute Gasteiger partial charge is 0.495 e. The molecule has 0 bridgehead atoms. The third kappa shape index (κ3) is 1.39. The van der Waals surface area contributed by atoms with Gasteiger partial charge in [0.25, 0.3) is 0 Å². The summed E-state index contributed by atoms with van der Waals surface area (Å²) in [6.07, 6.45) is 2.03. The molecule has 0 unspecified atom stereocenters. The molecule has 0 fully saturated rings.